The maximum absolute atomic E-state index is 14.3. The third-order valence-electron chi connectivity index (χ3n) is 11.3. The standard InChI is InChI=1S/C35H46N4O5S/c1-24-30-27(26-13-9-10-14-28(26)36-24)16-17-34(44-30)22-29-31(40)37-35(32(41)38-45(42,43)33(2)19-20-33)18-15-25(35)12-8-6-4-3-5-7-11-21-39(29)23-34/h8-10,12-14,25,29H,3-7,11,15-23H2,1-2H3,(H,37,40)(H,38,41). The molecule has 45 heavy (non-hydrogen) atoms. The number of hydrogen-bond donors (Lipinski definition) is 2. The van der Waals surface area contributed by atoms with Gasteiger partial charge in [0.1, 0.15) is 16.9 Å². The second-order valence-corrected chi connectivity index (χ2v) is 16.7. The number of hydrogen-bond acceptors (Lipinski definition) is 7. The van der Waals surface area contributed by atoms with E-state index >= 15 is 0 Å². The minimum Gasteiger partial charge on any atom is -0.484 e. The number of ether oxygens (including phenoxy) is 1. The normalized spacial score (nSPS) is 31.7. The number of pyridine rings is 1. The van der Waals surface area contributed by atoms with Crippen LogP contribution in [0.15, 0.2) is 36.4 Å². The van der Waals surface area contributed by atoms with Gasteiger partial charge in [-0.1, -0.05) is 49.6 Å². The number of nitrogens with one attached hydrogen (secondary N) is 2. The van der Waals surface area contributed by atoms with Crippen LogP contribution in [0, 0.1) is 12.8 Å². The lowest BCUT2D eigenvalue weighted by Gasteiger charge is -2.47. The first kappa shape index (κ1) is 30.7. The molecule has 4 unspecified atom stereocenters. The first-order valence-corrected chi connectivity index (χ1v) is 18.4. The third-order valence-corrected chi connectivity index (χ3v) is 13.5. The van der Waals surface area contributed by atoms with Gasteiger partial charge in [-0.25, -0.2) is 13.4 Å². The SMILES string of the molecule is Cc1nc2ccccc2c2c1OC1(CC2)CC2C(=O)NC3(C(=O)NS(=O)(=O)C4(C)CC4)CCC3C=CCCCCCCCN2C1. The summed E-state index contributed by atoms with van der Waals surface area (Å²) in [7, 11) is -3.85. The highest BCUT2D eigenvalue weighted by molar-refractivity contribution is 7.91. The Kier molecular flexibility index (Phi) is 7.75. The molecule has 9 nitrogen and oxygen atoms in total. The van der Waals surface area contributed by atoms with Crippen LogP contribution in [0.25, 0.3) is 10.9 Å². The molecule has 10 heteroatoms. The lowest BCUT2D eigenvalue weighted by atomic mass is 9.65. The number of aromatic nitrogens is 1. The van der Waals surface area contributed by atoms with Gasteiger partial charge in [0.05, 0.1) is 22.0 Å². The van der Waals surface area contributed by atoms with Gasteiger partial charge >= 0.3 is 0 Å². The van der Waals surface area contributed by atoms with Gasteiger partial charge in [0, 0.05) is 29.8 Å². The number of carbonyl (C=O) groups is 2. The molecular formula is C35H46N4O5S. The van der Waals surface area contributed by atoms with E-state index in [0.29, 0.717) is 32.2 Å². The van der Waals surface area contributed by atoms with Gasteiger partial charge in [0.15, 0.2) is 0 Å². The van der Waals surface area contributed by atoms with Crippen LogP contribution in [-0.4, -0.2) is 65.1 Å². The Morgan fingerprint density at radius 1 is 1.09 bits per heavy atom. The molecule has 1 aromatic heterocycles. The monoisotopic (exact) mass is 634 g/mol. The summed E-state index contributed by atoms with van der Waals surface area (Å²) in [6.45, 7) is 5.07. The molecular weight excluding hydrogens is 588 g/mol. The number of amides is 2. The van der Waals surface area contributed by atoms with Crippen molar-refractivity contribution in [3.05, 3.63) is 47.7 Å². The molecule has 5 aliphatic rings. The van der Waals surface area contributed by atoms with Crippen LogP contribution >= 0.6 is 0 Å². The van der Waals surface area contributed by atoms with Crippen molar-refractivity contribution in [1.82, 2.24) is 19.9 Å². The predicted molar refractivity (Wildman–Crippen MR) is 173 cm³/mol. The van der Waals surface area contributed by atoms with Crippen LogP contribution in [0.4, 0.5) is 0 Å². The van der Waals surface area contributed by atoms with E-state index in [9.17, 15) is 18.0 Å². The molecule has 7 rings (SSSR count). The maximum atomic E-state index is 14.3. The fourth-order valence-electron chi connectivity index (χ4n) is 7.98. The second-order valence-electron chi connectivity index (χ2n) is 14.5. The molecule has 3 aliphatic heterocycles. The van der Waals surface area contributed by atoms with Crippen LogP contribution in [-0.2, 0) is 26.0 Å². The van der Waals surface area contributed by atoms with Gasteiger partial charge in [0.2, 0.25) is 15.9 Å². The van der Waals surface area contributed by atoms with E-state index in [2.05, 4.69) is 27.1 Å². The maximum Gasteiger partial charge on any atom is 0.259 e. The first-order valence-electron chi connectivity index (χ1n) is 16.9. The highest BCUT2D eigenvalue weighted by atomic mass is 32.2. The van der Waals surface area contributed by atoms with E-state index in [1.807, 2.05) is 31.2 Å². The molecule has 1 aromatic carbocycles. The zero-order valence-electron chi connectivity index (χ0n) is 26.6. The molecule has 2 amide bonds. The molecule has 2 aromatic rings. The second kappa shape index (κ2) is 11.4. The van der Waals surface area contributed by atoms with E-state index < -0.39 is 37.9 Å². The summed E-state index contributed by atoms with van der Waals surface area (Å²) in [5.74, 6) is -0.239. The van der Waals surface area contributed by atoms with Crippen molar-refractivity contribution in [2.24, 2.45) is 5.92 Å². The number of para-hydroxylation sites is 1. The molecule has 242 valence electrons. The summed E-state index contributed by atoms with van der Waals surface area (Å²) in [5.41, 5.74) is 1.20. The minimum absolute atomic E-state index is 0.215. The minimum atomic E-state index is -3.85. The average molecular weight is 635 g/mol. The van der Waals surface area contributed by atoms with Crippen molar-refractivity contribution in [1.29, 1.82) is 0 Å². The van der Waals surface area contributed by atoms with Gasteiger partial charge in [-0.3, -0.25) is 19.2 Å². The van der Waals surface area contributed by atoms with Crippen molar-refractivity contribution >= 4 is 32.7 Å². The topological polar surface area (TPSA) is 118 Å². The highest BCUT2D eigenvalue weighted by Gasteiger charge is 2.58. The van der Waals surface area contributed by atoms with Crippen molar-refractivity contribution in [2.75, 3.05) is 13.1 Å². The number of rotatable bonds is 3. The van der Waals surface area contributed by atoms with Crippen LogP contribution in [0.1, 0.15) is 95.2 Å². The first-order chi connectivity index (χ1) is 21.5. The zero-order chi connectivity index (χ0) is 31.5. The number of benzene rings is 1. The van der Waals surface area contributed by atoms with Crippen LogP contribution in [0.2, 0.25) is 0 Å². The molecule has 2 N–H and O–H groups in total. The highest BCUT2D eigenvalue weighted by Crippen LogP contribution is 2.47. The molecule has 4 atom stereocenters. The lowest BCUT2D eigenvalue weighted by molar-refractivity contribution is -0.140. The Morgan fingerprint density at radius 3 is 2.64 bits per heavy atom. The fraction of sp³-hybridized carbons (Fsp3) is 0.629. The fourth-order valence-corrected chi connectivity index (χ4v) is 9.30. The van der Waals surface area contributed by atoms with Crippen molar-refractivity contribution < 1.29 is 22.7 Å². The average Bonchev–Trinajstić information content (AvgIpc) is 3.68. The summed E-state index contributed by atoms with van der Waals surface area (Å²) in [5, 5.41) is 4.28. The van der Waals surface area contributed by atoms with E-state index in [1.165, 1.54) is 5.56 Å². The van der Waals surface area contributed by atoms with Crippen molar-refractivity contribution in [3.63, 3.8) is 0 Å². The zero-order valence-corrected chi connectivity index (χ0v) is 27.4. The van der Waals surface area contributed by atoms with Gasteiger partial charge < -0.3 is 10.1 Å². The van der Waals surface area contributed by atoms with Crippen LogP contribution in [0.5, 0.6) is 5.75 Å². The Bertz CT molecular complexity index is 1650. The largest absolute Gasteiger partial charge is 0.484 e. The smallest absolute Gasteiger partial charge is 0.259 e. The Morgan fingerprint density at radius 2 is 1.87 bits per heavy atom. The molecule has 1 spiro atoms. The quantitative estimate of drug-likeness (QED) is 0.464. The Balaban J connectivity index is 1.18. The number of sulfonamides is 1. The van der Waals surface area contributed by atoms with E-state index in [-0.39, 0.29) is 11.8 Å². The van der Waals surface area contributed by atoms with Gasteiger partial charge in [0.25, 0.3) is 5.91 Å². The third kappa shape index (κ3) is 5.45. The number of allylic oxidation sites excluding steroid dienone is 1. The van der Waals surface area contributed by atoms with Gasteiger partial charge in [-0.15, -0.1) is 0 Å². The summed E-state index contributed by atoms with van der Waals surface area (Å²) >= 11 is 0. The molecule has 2 saturated carbocycles. The molecule has 0 bridgehead atoms. The summed E-state index contributed by atoms with van der Waals surface area (Å²) in [4.78, 5) is 35.3. The van der Waals surface area contributed by atoms with Gasteiger partial charge in [-0.05, 0) is 84.2 Å². The number of fused-ring (bicyclic) bond motifs is 5. The number of nitrogens with zero attached hydrogens (tertiary/aromatic N) is 2. The Labute approximate surface area is 266 Å². The van der Waals surface area contributed by atoms with Crippen LogP contribution < -0.4 is 14.8 Å². The van der Waals surface area contributed by atoms with Crippen molar-refractivity contribution in [2.45, 2.75) is 119 Å². The lowest BCUT2D eigenvalue weighted by Crippen LogP contribution is -2.70. The molecule has 0 radical (unpaired) electrons. The summed E-state index contributed by atoms with van der Waals surface area (Å²) < 4.78 is 34.6. The molecule has 1 saturated heterocycles. The summed E-state index contributed by atoms with van der Waals surface area (Å²) in [6.07, 6.45) is 14.9. The van der Waals surface area contributed by atoms with E-state index in [0.717, 1.165) is 86.7 Å². The molecule has 3 fully saturated rings. The van der Waals surface area contributed by atoms with Crippen molar-refractivity contribution in [3.8, 4) is 5.75 Å². The number of aryl methyl sites for hydroxylation is 2. The predicted octanol–water partition coefficient (Wildman–Crippen LogP) is 4.86. The molecule has 2 aliphatic carbocycles. The molecule has 4 heterocycles. The van der Waals surface area contributed by atoms with Crippen LogP contribution in [0.3, 0.4) is 0 Å². The van der Waals surface area contributed by atoms with Gasteiger partial charge in [-0.2, -0.15) is 0 Å². The Hall–Kier alpha value is -2.98. The summed E-state index contributed by atoms with van der Waals surface area (Å²) in [6, 6.07) is 7.70. The number of carbonyl (C=O) groups excluding carboxylic acids is 2. The van der Waals surface area contributed by atoms with E-state index in [4.69, 9.17) is 9.72 Å². The van der Waals surface area contributed by atoms with E-state index in [1.54, 1.807) is 6.92 Å².